The fourth-order valence-electron chi connectivity index (χ4n) is 3.95. The number of carbonyl (C=O) groups excluding carboxylic acids is 1. The van der Waals surface area contributed by atoms with Crippen LogP contribution in [0.3, 0.4) is 0 Å². The molecule has 1 amide bonds. The van der Waals surface area contributed by atoms with Gasteiger partial charge < -0.3 is 5.32 Å². The number of rotatable bonds is 6. The van der Waals surface area contributed by atoms with E-state index in [2.05, 4.69) is 5.32 Å². The van der Waals surface area contributed by atoms with Gasteiger partial charge >= 0.3 is 6.18 Å². The molecular weight excluding hydrogens is 462 g/mol. The third-order valence-corrected chi connectivity index (χ3v) is 7.76. The summed E-state index contributed by atoms with van der Waals surface area (Å²) in [5.41, 5.74) is -0.645. The molecule has 1 saturated carbocycles. The van der Waals surface area contributed by atoms with E-state index in [1.54, 1.807) is 4.90 Å². The van der Waals surface area contributed by atoms with Crippen molar-refractivity contribution < 1.29 is 30.8 Å². The van der Waals surface area contributed by atoms with Crippen LogP contribution in [0.25, 0.3) is 0 Å². The third-order valence-electron chi connectivity index (χ3n) is 5.81. The first-order valence-corrected chi connectivity index (χ1v) is 12.0. The van der Waals surface area contributed by atoms with Gasteiger partial charge in [0.1, 0.15) is 11.9 Å². The molecule has 2 fully saturated rings. The fraction of sp³-hybridized carbons (Fsp3) is 0.409. The molecule has 4 rings (SSSR count). The van der Waals surface area contributed by atoms with Crippen molar-refractivity contribution >= 4 is 15.9 Å². The van der Waals surface area contributed by atoms with E-state index < -0.39 is 38.5 Å². The summed E-state index contributed by atoms with van der Waals surface area (Å²) in [5.74, 6) is -0.706. The zero-order chi connectivity index (χ0) is 23.8. The number of hydrogen-bond acceptors (Lipinski definition) is 4. The standard InChI is InChI=1S/C22H23F4N3O3S/c23-16-7-5-15(6-8-16)20(21(30)27-17-9-10-17)28-11-13-29(14-12-28)33(31,32)19-4-2-1-3-18(19)22(24,25)26/h1-8,17,20H,9-14H2,(H,27,30). The van der Waals surface area contributed by atoms with E-state index >= 15 is 0 Å². The van der Waals surface area contributed by atoms with Crippen molar-refractivity contribution in [3.8, 4) is 0 Å². The van der Waals surface area contributed by atoms with Gasteiger partial charge in [-0.2, -0.15) is 17.5 Å². The zero-order valence-electron chi connectivity index (χ0n) is 17.6. The molecule has 1 unspecified atom stereocenters. The molecule has 1 heterocycles. The molecule has 2 aliphatic rings. The van der Waals surface area contributed by atoms with E-state index in [9.17, 15) is 30.8 Å². The van der Waals surface area contributed by atoms with Crippen LogP contribution in [0.4, 0.5) is 17.6 Å². The van der Waals surface area contributed by atoms with Crippen molar-refractivity contribution in [2.24, 2.45) is 0 Å². The predicted octanol–water partition coefficient (Wildman–Crippen LogP) is 3.17. The Kier molecular flexibility index (Phi) is 6.47. The number of carbonyl (C=O) groups is 1. The van der Waals surface area contributed by atoms with Gasteiger partial charge in [0, 0.05) is 32.2 Å². The van der Waals surface area contributed by atoms with Crippen LogP contribution in [0.5, 0.6) is 0 Å². The summed E-state index contributed by atoms with van der Waals surface area (Å²) in [6, 6.07) is 8.97. The number of benzene rings is 2. The van der Waals surface area contributed by atoms with E-state index in [0.29, 0.717) is 5.56 Å². The predicted molar refractivity (Wildman–Crippen MR) is 112 cm³/mol. The highest BCUT2D eigenvalue weighted by Crippen LogP contribution is 2.35. The van der Waals surface area contributed by atoms with Crippen LogP contribution < -0.4 is 5.32 Å². The van der Waals surface area contributed by atoms with Crippen molar-refractivity contribution in [1.82, 2.24) is 14.5 Å². The largest absolute Gasteiger partial charge is 0.417 e. The highest BCUT2D eigenvalue weighted by Gasteiger charge is 2.41. The minimum atomic E-state index is -4.81. The SMILES string of the molecule is O=C(NC1CC1)C(c1ccc(F)cc1)N1CCN(S(=O)(=O)c2ccccc2C(F)(F)F)CC1. The number of nitrogens with zero attached hydrogens (tertiary/aromatic N) is 2. The smallest absolute Gasteiger partial charge is 0.352 e. The first-order valence-electron chi connectivity index (χ1n) is 10.5. The lowest BCUT2D eigenvalue weighted by Gasteiger charge is -2.38. The van der Waals surface area contributed by atoms with Crippen molar-refractivity contribution in [3.05, 3.63) is 65.5 Å². The van der Waals surface area contributed by atoms with Gasteiger partial charge in [-0.3, -0.25) is 9.69 Å². The lowest BCUT2D eigenvalue weighted by atomic mass is 10.0. The Morgan fingerprint density at radius 1 is 0.970 bits per heavy atom. The molecule has 0 aromatic heterocycles. The second-order valence-corrected chi connectivity index (χ2v) is 10.1. The van der Waals surface area contributed by atoms with E-state index in [4.69, 9.17) is 0 Å². The molecule has 0 bridgehead atoms. The topological polar surface area (TPSA) is 69.7 Å². The molecule has 11 heteroatoms. The lowest BCUT2D eigenvalue weighted by Crippen LogP contribution is -2.52. The quantitative estimate of drug-likeness (QED) is 0.639. The number of hydrogen-bond donors (Lipinski definition) is 1. The molecule has 0 radical (unpaired) electrons. The maximum absolute atomic E-state index is 13.4. The molecule has 0 spiro atoms. The average Bonchev–Trinajstić information content (AvgIpc) is 3.59. The van der Waals surface area contributed by atoms with Gasteiger partial charge in [0.2, 0.25) is 15.9 Å². The van der Waals surface area contributed by atoms with Crippen LogP contribution in [0, 0.1) is 5.82 Å². The van der Waals surface area contributed by atoms with Gasteiger partial charge in [0.25, 0.3) is 0 Å². The van der Waals surface area contributed by atoms with Gasteiger partial charge in [-0.15, -0.1) is 0 Å². The monoisotopic (exact) mass is 485 g/mol. The summed E-state index contributed by atoms with van der Waals surface area (Å²) < 4.78 is 80.5. The molecule has 2 aromatic rings. The minimum absolute atomic E-state index is 0.0804. The van der Waals surface area contributed by atoms with Crippen LogP contribution in [0.2, 0.25) is 0 Å². The number of alkyl halides is 3. The number of sulfonamides is 1. The number of piperazine rings is 1. The molecule has 33 heavy (non-hydrogen) atoms. The van der Waals surface area contributed by atoms with Crippen molar-refractivity contribution in [3.63, 3.8) is 0 Å². The first kappa shape index (κ1) is 23.7. The maximum Gasteiger partial charge on any atom is 0.417 e. The molecular formula is C22H23F4N3O3S. The number of nitrogens with one attached hydrogen (secondary N) is 1. The molecule has 6 nitrogen and oxygen atoms in total. The van der Waals surface area contributed by atoms with E-state index in [-0.39, 0.29) is 38.1 Å². The van der Waals surface area contributed by atoms with Gasteiger partial charge in [0.15, 0.2) is 0 Å². The normalized spacial score (nSPS) is 19.3. The highest BCUT2D eigenvalue weighted by molar-refractivity contribution is 7.89. The molecule has 2 aromatic carbocycles. The Morgan fingerprint density at radius 2 is 1.58 bits per heavy atom. The van der Waals surface area contributed by atoms with E-state index in [1.807, 2.05) is 0 Å². The van der Waals surface area contributed by atoms with Crippen molar-refractivity contribution in [2.75, 3.05) is 26.2 Å². The van der Waals surface area contributed by atoms with Gasteiger partial charge in [-0.25, -0.2) is 12.8 Å². The number of halogens is 4. The van der Waals surface area contributed by atoms with Gasteiger partial charge in [0.05, 0.1) is 10.5 Å². The zero-order valence-corrected chi connectivity index (χ0v) is 18.4. The highest BCUT2D eigenvalue weighted by atomic mass is 32.2. The average molecular weight is 486 g/mol. The second-order valence-electron chi connectivity index (χ2n) is 8.17. The minimum Gasteiger partial charge on any atom is -0.352 e. The van der Waals surface area contributed by atoms with E-state index in [0.717, 1.165) is 35.3 Å². The van der Waals surface area contributed by atoms with Crippen molar-refractivity contribution in [1.29, 1.82) is 0 Å². The molecule has 178 valence electrons. The molecule has 1 aliphatic heterocycles. The van der Waals surface area contributed by atoms with Gasteiger partial charge in [-0.05, 0) is 42.7 Å². The summed E-state index contributed by atoms with van der Waals surface area (Å²) in [4.78, 5) is 13.9. The van der Waals surface area contributed by atoms with Crippen LogP contribution >= 0.6 is 0 Å². The molecule has 1 aliphatic carbocycles. The summed E-state index contributed by atoms with van der Waals surface area (Å²) in [5, 5.41) is 2.92. The third kappa shape index (κ3) is 5.20. The molecule has 1 saturated heterocycles. The Hall–Kier alpha value is -2.50. The molecule has 1 atom stereocenters. The summed E-state index contributed by atoms with van der Waals surface area (Å²) >= 11 is 0. The van der Waals surface area contributed by atoms with Crippen molar-refractivity contribution in [2.45, 2.75) is 36.0 Å². The van der Waals surface area contributed by atoms with Crippen LogP contribution in [-0.4, -0.2) is 55.8 Å². The van der Waals surface area contributed by atoms with Gasteiger partial charge in [-0.1, -0.05) is 24.3 Å². The first-order chi connectivity index (χ1) is 15.6. The molecule has 1 N–H and O–H groups in total. The second kappa shape index (κ2) is 9.03. The maximum atomic E-state index is 13.4. The Morgan fingerprint density at radius 3 is 2.15 bits per heavy atom. The van der Waals surface area contributed by atoms with Crippen LogP contribution in [0.1, 0.15) is 30.0 Å². The lowest BCUT2D eigenvalue weighted by molar-refractivity contribution is -0.140. The van der Waals surface area contributed by atoms with E-state index in [1.165, 1.54) is 30.3 Å². The summed E-state index contributed by atoms with van der Waals surface area (Å²) in [6.07, 6.45) is -3.04. The van der Waals surface area contributed by atoms with Crippen LogP contribution in [0.15, 0.2) is 53.4 Å². The number of amides is 1. The Labute approximate surface area is 189 Å². The fourth-order valence-corrected chi connectivity index (χ4v) is 5.58. The Bertz CT molecular complexity index is 1110. The summed E-state index contributed by atoms with van der Waals surface area (Å²) in [7, 11) is -4.39. The summed E-state index contributed by atoms with van der Waals surface area (Å²) in [6.45, 7) is 0.104. The Balaban J connectivity index is 1.54. The van der Waals surface area contributed by atoms with Crippen LogP contribution in [-0.2, 0) is 21.0 Å².